The van der Waals surface area contributed by atoms with Gasteiger partial charge >= 0.3 is 6.03 Å². The number of nitrogens with one attached hydrogen (secondary N) is 1. The first-order valence-corrected chi connectivity index (χ1v) is 13.4. The molecule has 0 unspecified atom stereocenters. The number of carbonyl (C=O) groups is 1. The van der Waals surface area contributed by atoms with Crippen LogP contribution in [0.1, 0.15) is 18.4 Å². The second kappa shape index (κ2) is 11.1. The van der Waals surface area contributed by atoms with Crippen LogP contribution in [-0.2, 0) is 16.6 Å². The van der Waals surface area contributed by atoms with Crippen molar-refractivity contribution in [3.63, 3.8) is 0 Å². The van der Waals surface area contributed by atoms with E-state index >= 15 is 0 Å². The average molecular weight is 554 g/mol. The number of sulfonamides is 1. The van der Waals surface area contributed by atoms with Gasteiger partial charge in [0.05, 0.1) is 4.90 Å². The first-order chi connectivity index (χ1) is 17.1. The van der Waals surface area contributed by atoms with Crippen molar-refractivity contribution >= 4 is 44.9 Å². The normalized spacial score (nSPS) is 14.8. The van der Waals surface area contributed by atoms with Crippen molar-refractivity contribution < 1.29 is 22.0 Å². The Morgan fingerprint density at radius 2 is 1.53 bits per heavy atom. The molecule has 0 aliphatic carbocycles. The maximum atomic E-state index is 14.5. The summed E-state index contributed by atoms with van der Waals surface area (Å²) in [5.74, 6) is -1.36. The maximum absolute atomic E-state index is 14.5. The molecule has 1 heterocycles. The quantitative estimate of drug-likeness (QED) is 0.397. The number of hydrogen-bond donors (Lipinski definition) is 1. The largest absolute Gasteiger partial charge is 0.324 e. The number of hydrogen-bond acceptors (Lipinski definition) is 3. The van der Waals surface area contributed by atoms with Crippen LogP contribution in [0.2, 0.25) is 10.0 Å². The number of likely N-dealkylation sites (tertiary alicyclic amines) is 1. The van der Waals surface area contributed by atoms with E-state index in [9.17, 15) is 22.0 Å². The summed E-state index contributed by atoms with van der Waals surface area (Å²) >= 11 is 11.8. The van der Waals surface area contributed by atoms with E-state index in [-0.39, 0.29) is 36.1 Å². The van der Waals surface area contributed by atoms with Gasteiger partial charge in [-0.05, 0) is 79.6 Å². The van der Waals surface area contributed by atoms with Gasteiger partial charge in [0.1, 0.15) is 11.6 Å². The highest BCUT2D eigenvalue weighted by Crippen LogP contribution is 2.28. The van der Waals surface area contributed by atoms with Gasteiger partial charge in [-0.15, -0.1) is 0 Å². The van der Waals surface area contributed by atoms with Gasteiger partial charge in [0.25, 0.3) is 0 Å². The third-order valence-electron chi connectivity index (χ3n) is 6.01. The Morgan fingerprint density at radius 3 is 2.14 bits per heavy atom. The summed E-state index contributed by atoms with van der Waals surface area (Å²) in [6.45, 7) is 0.209. The minimum atomic E-state index is -4.08. The van der Waals surface area contributed by atoms with Crippen LogP contribution in [0.15, 0.2) is 71.6 Å². The Kier molecular flexibility index (Phi) is 8.14. The number of carbonyl (C=O) groups excluding carboxylic acids is 1. The van der Waals surface area contributed by atoms with Crippen molar-refractivity contribution in [3.05, 3.63) is 94.0 Å². The second-order valence-electron chi connectivity index (χ2n) is 8.40. The highest BCUT2D eigenvalue weighted by Gasteiger charge is 2.35. The Bertz CT molecular complexity index is 1330. The first-order valence-electron chi connectivity index (χ1n) is 11.2. The van der Waals surface area contributed by atoms with Gasteiger partial charge in [-0.3, -0.25) is 0 Å². The number of halogens is 4. The van der Waals surface area contributed by atoms with Crippen molar-refractivity contribution in [3.8, 4) is 0 Å². The SMILES string of the molecule is O=C(Nc1ccc(Cl)cc1)N1CCC(N(Cc2cc(F)ccc2F)S(=O)(=O)c2ccc(Cl)cc2)CC1. The minimum absolute atomic E-state index is 0.00776. The van der Waals surface area contributed by atoms with Crippen LogP contribution in [-0.4, -0.2) is 42.8 Å². The van der Waals surface area contributed by atoms with Gasteiger partial charge in [-0.1, -0.05) is 23.2 Å². The number of amides is 2. The van der Waals surface area contributed by atoms with Gasteiger partial charge < -0.3 is 10.2 Å². The molecule has 190 valence electrons. The highest BCUT2D eigenvalue weighted by molar-refractivity contribution is 7.89. The molecule has 3 aromatic rings. The van der Waals surface area contributed by atoms with Crippen LogP contribution in [0.4, 0.5) is 19.3 Å². The summed E-state index contributed by atoms with van der Waals surface area (Å²) < 4.78 is 56.7. The minimum Gasteiger partial charge on any atom is -0.324 e. The summed E-state index contributed by atoms with van der Waals surface area (Å²) in [7, 11) is -4.08. The average Bonchev–Trinajstić information content (AvgIpc) is 2.86. The molecule has 1 saturated heterocycles. The molecule has 4 rings (SSSR count). The molecular weight excluding hydrogens is 531 g/mol. The lowest BCUT2D eigenvalue weighted by Crippen LogP contribution is -2.49. The standard InChI is InChI=1S/C25H23Cl2F2N3O3S/c26-18-1-6-21(7-2-18)30-25(33)31-13-11-22(12-14-31)32(16-17-15-20(28)5-10-24(17)29)36(34,35)23-8-3-19(27)4-9-23/h1-10,15,22H,11-14,16H2,(H,30,33). The van der Waals surface area contributed by atoms with E-state index in [1.807, 2.05) is 0 Å². The van der Waals surface area contributed by atoms with E-state index in [1.54, 1.807) is 29.2 Å². The van der Waals surface area contributed by atoms with Crippen LogP contribution in [0.5, 0.6) is 0 Å². The highest BCUT2D eigenvalue weighted by atomic mass is 35.5. The molecular formula is C25H23Cl2F2N3O3S. The summed E-state index contributed by atoms with van der Waals surface area (Å²) in [4.78, 5) is 14.3. The molecule has 0 atom stereocenters. The summed E-state index contributed by atoms with van der Waals surface area (Å²) in [5.41, 5.74) is 0.510. The van der Waals surface area contributed by atoms with Crippen molar-refractivity contribution in [2.45, 2.75) is 30.3 Å². The monoisotopic (exact) mass is 553 g/mol. The Balaban J connectivity index is 1.54. The van der Waals surface area contributed by atoms with Gasteiger partial charge in [0, 0.05) is 47.0 Å². The number of rotatable bonds is 6. The topological polar surface area (TPSA) is 69.7 Å². The predicted octanol–water partition coefficient (Wildman–Crippen LogP) is 6.16. The molecule has 1 aliphatic rings. The lowest BCUT2D eigenvalue weighted by Gasteiger charge is -2.38. The maximum Gasteiger partial charge on any atom is 0.321 e. The van der Waals surface area contributed by atoms with E-state index in [4.69, 9.17) is 23.2 Å². The predicted molar refractivity (Wildman–Crippen MR) is 136 cm³/mol. The van der Waals surface area contributed by atoms with Crippen LogP contribution in [0, 0.1) is 11.6 Å². The van der Waals surface area contributed by atoms with Gasteiger partial charge in [0.15, 0.2) is 0 Å². The third kappa shape index (κ3) is 6.15. The zero-order chi connectivity index (χ0) is 25.9. The molecule has 0 saturated carbocycles. The molecule has 1 N–H and O–H groups in total. The van der Waals surface area contributed by atoms with Gasteiger partial charge in [-0.25, -0.2) is 22.0 Å². The zero-order valence-electron chi connectivity index (χ0n) is 19.0. The van der Waals surface area contributed by atoms with Crippen molar-refractivity contribution in [2.24, 2.45) is 0 Å². The molecule has 1 fully saturated rings. The van der Waals surface area contributed by atoms with Gasteiger partial charge in [0.2, 0.25) is 10.0 Å². The first kappa shape index (κ1) is 26.3. The fourth-order valence-corrected chi connectivity index (χ4v) is 5.99. The molecule has 2 amide bonds. The number of benzene rings is 3. The Labute approximate surface area is 218 Å². The van der Waals surface area contributed by atoms with Crippen LogP contribution in [0.25, 0.3) is 0 Å². The number of nitrogens with zero attached hydrogens (tertiary/aromatic N) is 2. The van der Waals surface area contributed by atoms with Crippen LogP contribution in [0.3, 0.4) is 0 Å². The van der Waals surface area contributed by atoms with E-state index in [1.165, 1.54) is 28.6 Å². The van der Waals surface area contributed by atoms with E-state index in [2.05, 4.69) is 5.32 Å². The summed E-state index contributed by atoms with van der Waals surface area (Å²) in [6.07, 6.45) is 0.635. The molecule has 0 radical (unpaired) electrons. The zero-order valence-corrected chi connectivity index (χ0v) is 21.3. The summed E-state index contributed by atoms with van der Waals surface area (Å²) in [5, 5.41) is 3.71. The van der Waals surface area contributed by atoms with Crippen molar-refractivity contribution in [2.75, 3.05) is 18.4 Å². The number of piperidine rings is 1. The number of anilines is 1. The molecule has 36 heavy (non-hydrogen) atoms. The lowest BCUT2D eigenvalue weighted by molar-refractivity contribution is 0.164. The summed E-state index contributed by atoms with van der Waals surface area (Å²) in [6, 6.07) is 14.4. The Hall–Kier alpha value is -2.72. The van der Waals surface area contributed by atoms with Gasteiger partial charge in [-0.2, -0.15) is 4.31 Å². The fourth-order valence-electron chi connectivity index (χ4n) is 4.08. The van der Waals surface area contributed by atoms with Crippen LogP contribution >= 0.6 is 23.2 Å². The second-order valence-corrected chi connectivity index (χ2v) is 11.2. The fraction of sp³-hybridized carbons (Fsp3) is 0.240. The molecule has 0 bridgehead atoms. The van der Waals surface area contributed by atoms with Crippen molar-refractivity contribution in [1.29, 1.82) is 0 Å². The number of urea groups is 1. The molecule has 0 aromatic heterocycles. The van der Waals surface area contributed by atoms with Crippen molar-refractivity contribution in [1.82, 2.24) is 9.21 Å². The lowest BCUT2D eigenvalue weighted by atomic mass is 10.0. The van der Waals surface area contributed by atoms with E-state index in [0.717, 1.165) is 18.2 Å². The molecule has 6 nitrogen and oxygen atoms in total. The van der Waals surface area contributed by atoms with E-state index in [0.29, 0.717) is 28.6 Å². The molecule has 3 aromatic carbocycles. The molecule has 1 aliphatic heterocycles. The van der Waals surface area contributed by atoms with E-state index < -0.39 is 27.7 Å². The van der Waals surface area contributed by atoms with Crippen LogP contribution < -0.4 is 5.32 Å². The molecule has 11 heteroatoms. The smallest absolute Gasteiger partial charge is 0.321 e. The third-order valence-corrected chi connectivity index (χ3v) is 8.43. The molecule has 0 spiro atoms. The Morgan fingerprint density at radius 1 is 0.944 bits per heavy atom.